The van der Waals surface area contributed by atoms with Crippen molar-refractivity contribution in [1.82, 2.24) is 19.7 Å². The lowest BCUT2D eigenvalue weighted by Crippen LogP contribution is -2.05. The van der Waals surface area contributed by atoms with E-state index < -0.39 is 0 Å². The first-order chi connectivity index (χ1) is 11.5. The molecule has 0 atom stereocenters. The summed E-state index contributed by atoms with van der Waals surface area (Å²) in [5.74, 6) is 1.17. The minimum absolute atomic E-state index is 0.164. The Bertz CT molecular complexity index is 894. The fourth-order valence-electron chi connectivity index (χ4n) is 2.14. The molecule has 24 heavy (non-hydrogen) atoms. The number of hydrogen-bond donors (Lipinski definition) is 1. The summed E-state index contributed by atoms with van der Waals surface area (Å²) in [6.07, 6.45) is 0.610. The van der Waals surface area contributed by atoms with Crippen molar-refractivity contribution in [1.29, 1.82) is 0 Å². The number of benzene rings is 1. The smallest absolute Gasteiger partial charge is 0.249 e. The maximum atomic E-state index is 6.26. The zero-order valence-corrected chi connectivity index (χ0v) is 14.6. The normalized spacial score (nSPS) is 10.8. The van der Waals surface area contributed by atoms with Crippen LogP contribution >= 0.6 is 23.2 Å². The number of aromatic nitrogens is 4. The van der Waals surface area contributed by atoms with Crippen molar-refractivity contribution < 1.29 is 4.74 Å². The van der Waals surface area contributed by atoms with Crippen molar-refractivity contribution in [3.8, 4) is 17.4 Å². The maximum Gasteiger partial charge on any atom is 0.249 e. The van der Waals surface area contributed by atoms with E-state index in [-0.39, 0.29) is 16.7 Å². The zero-order chi connectivity index (χ0) is 17.3. The van der Waals surface area contributed by atoms with Gasteiger partial charge in [0.25, 0.3) is 0 Å². The van der Waals surface area contributed by atoms with Crippen LogP contribution < -0.4 is 10.5 Å². The van der Waals surface area contributed by atoms with Crippen molar-refractivity contribution in [3.05, 3.63) is 52.0 Å². The van der Waals surface area contributed by atoms with E-state index in [1.165, 1.54) is 0 Å². The number of aryl methyl sites for hydroxylation is 2. The monoisotopic (exact) mass is 363 g/mol. The van der Waals surface area contributed by atoms with Gasteiger partial charge in [-0.15, -0.1) is 0 Å². The number of nitrogen functional groups attached to an aromatic ring is 1. The van der Waals surface area contributed by atoms with Crippen molar-refractivity contribution in [3.63, 3.8) is 0 Å². The average molecular weight is 364 g/mol. The van der Waals surface area contributed by atoms with Crippen LogP contribution in [0, 0.1) is 6.92 Å². The Morgan fingerprint density at radius 3 is 2.67 bits per heavy atom. The van der Waals surface area contributed by atoms with Crippen LogP contribution in [0.25, 0.3) is 5.69 Å². The first kappa shape index (κ1) is 16.5. The summed E-state index contributed by atoms with van der Waals surface area (Å²) in [6.45, 7) is 3.78. The molecule has 0 bridgehead atoms. The predicted octanol–water partition coefficient (Wildman–Crippen LogP) is 4.21. The second-order valence-electron chi connectivity index (χ2n) is 5.09. The zero-order valence-electron chi connectivity index (χ0n) is 13.1. The van der Waals surface area contributed by atoms with E-state index in [0.717, 1.165) is 5.69 Å². The molecule has 0 aliphatic carbocycles. The van der Waals surface area contributed by atoms with E-state index in [1.807, 2.05) is 32.0 Å². The molecule has 0 amide bonds. The molecule has 0 spiro atoms. The van der Waals surface area contributed by atoms with Gasteiger partial charge >= 0.3 is 0 Å². The van der Waals surface area contributed by atoms with Crippen LogP contribution in [0.15, 0.2) is 30.3 Å². The summed E-state index contributed by atoms with van der Waals surface area (Å²) in [5.41, 5.74) is 7.58. The van der Waals surface area contributed by atoms with Crippen LogP contribution in [0.2, 0.25) is 10.2 Å². The quantitative estimate of drug-likeness (QED) is 0.702. The molecule has 3 rings (SSSR count). The van der Waals surface area contributed by atoms with E-state index in [2.05, 4.69) is 15.1 Å². The van der Waals surface area contributed by atoms with Crippen molar-refractivity contribution >= 4 is 28.9 Å². The lowest BCUT2D eigenvalue weighted by atomic mass is 10.3. The number of hydrogen-bond acceptors (Lipinski definition) is 5. The third-order valence-electron chi connectivity index (χ3n) is 3.31. The van der Waals surface area contributed by atoms with Gasteiger partial charge in [0.2, 0.25) is 11.8 Å². The molecule has 2 aromatic heterocycles. The standard InChI is InChI=1S/C16H15Cl2N5O/c1-3-12-20-15(18)14(19)16(21-12)24-13-8-9(2)22-23(13)11-7-5-4-6-10(11)17/h4-8H,3,19H2,1-2H3. The molecule has 0 aliphatic rings. The molecule has 0 radical (unpaired) electrons. The molecule has 0 saturated heterocycles. The number of nitrogens with zero attached hydrogens (tertiary/aromatic N) is 4. The molecule has 0 aliphatic heterocycles. The van der Waals surface area contributed by atoms with Crippen LogP contribution in [0.5, 0.6) is 11.8 Å². The highest BCUT2D eigenvalue weighted by molar-refractivity contribution is 6.32. The summed E-state index contributed by atoms with van der Waals surface area (Å²) >= 11 is 12.3. The molecule has 2 N–H and O–H groups in total. The number of ether oxygens (including phenoxy) is 1. The molecular formula is C16H15Cl2N5O. The Morgan fingerprint density at radius 1 is 1.21 bits per heavy atom. The number of halogens is 2. The molecule has 0 unspecified atom stereocenters. The minimum atomic E-state index is 0.164. The highest BCUT2D eigenvalue weighted by Crippen LogP contribution is 2.32. The van der Waals surface area contributed by atoms with E-state index in [9.17, 15) is 0 Å². The lowest BCUT2D eigenvalue weighted by Gasteiger charge is -2.12. The van der Waals surface area contributed by atoms with Gasteiger partial charge in [-0.1, -0.05) is 42.3 Å². The number of nitrogens with two attached hydrogens (primary N) is 1. The molecule has 0 fully saturated rings. The van der Waals surface area contributed by atoms with Crippen LogP contribution in [0.1, 0.15) is 18.4 Å². The largest absolute Gasteiger partial charge is 0.418 e. The van der Waals surface area contributed by atoms with Gasteiger partial charge in [-0.05, 0) is 19.1 Å². The highest BCUT2D eigenvalue weighted by Gasteiger charge is 2.17. The Kier molecular flexibility index (Phi) is 4.59. The van der Waals surface area contributed by atoms with E-state index >= 15 is 0 Å². The first-order valence-corrected chi connectivity index (χ1v) is 8.06. The van der Waals surface area contributed by atoms with Gasteiger partial charge in [0, 0.05) is 12.5 Å². The minimum Gasteiger partial charge on any atom is -0.418 e. The van der Waals surface area contributed by atoms with Gasteiger partial charge in [0.15, 0.2) is 5.15 Å². The molecule has 0 saturated carbocycles. The number of rotatable bonds is 4. The van der Waals surface area contributed by atoms with Crippen LogP contribution in [-0.2, 0) is 6.42 Å². The summed E-state index contributed by atoms with van der Waals surface area (Å²) in [5, 5.41) is 5.14. The fraction of sp³-hybridized carbons (Fsp3) is 0.188. The van der Waals surface area contributed by atoms with Crippen LogP contribution in [0.4, 0.5) is 5.69 Å². The Labute approximate surface area is 149 Å². The summed E-state index contributed by atoms with van der Waals surface area (Å²) in [6, 6.07) is 9.11. The molecule has 1 aromatic carbocycles. The van der Waals surface area contributed by atoms with E-state index in [0.29, 0.717) is 28.8 Å². The Balaban J connectivity index is 2.07. The molecule has 2 heterocycles. The second kappa shape index (κ2) is 6.67. The highest BCUT2D eigenvalue weighted by atomic mass is 35.5. The molecule has 8 heteroatoms. The Hall–Kier alpha value is -2.31. The molecule has 6 nitrogen and oxygen atoms in total. The van der Waals surface area contributed by atoms with Crippen molar-refractivity contribution in [2.75, 3.05) is 5.73 Å². The lowest BCUT2D eigenvalue weighted by molar-refractivity contribution is 0.427. The summed E-state index contributed by atoms with van der Waals surface area (Å²) < 4.78 is 7.47. The van der Waals surface area contributed by atoms with Gasteiger partial charge < -0.3 is 10.5 Å². The molecule has 124 valence electrons. The first-order valence-electron chi connectivity index (χ1n) is 7.31. The third-order valence-corrected chi connectivity index (χ3v) is 3.92. The topological polar surface area (TPSA) is 78.9 Å². The molecule has 3 aromatic rings. The molecular weight excluding hydrogens is 349 g/mol. The van der Waals surface area contributed by atoms with Gasteiger partial charge in [0.1, 0.15) is 11.5 Å². The fourth-order valence-corrected chi connectivity index (χ4v) is 2.54. The Morgan fingerprint density at radius 2 is 1.96 bits per heavy atom. The predicted molar refractivity (Wildman–Crippen MR) is 94.2 cm³/mol. The maximum absolute atomic E-state index is 6.26. The average Bonchev–Trinajstić information content (AvgIpc) is 2.92. The third kappa shape index (κ3) is 3.16. The van der Waals surface area contributed by atoms with Gasteiger partial charge in [-0.2, -0.15) is 14.8 Å². The van der Waals surface area contributed by atoms with Gasteiger partial charge in [0.05, 0.1) is 16.4 Å². The van der Waals surface area contributed by atoms with Crippen LogP contribution in [-0.4, -0.2) is 19.7 Å². The summed E-state index contributed by atoms with van der Waals surface area (Å²) in [7, 11) is 0. The van der Waals surface area contributed by atoms with Crippen LogP contribution in [0.3, 0.4) is 0 Å². The van der Waals surface area contributed by atoms with E-state index in [1.54, 1.807) is 16.8 Å². The van der Waals surface area contributed by atoms with Crippen molar-refractivity contribution in [2.24, 2.45) is 0 Å². The van der Waals surface area contributed by atoms with Gasteiger partial charge in [-0.25, -0.2) is 4.98 Å². The van der Waals surface area contributed by atoms with Crippen molar-refractivity contribution in [2.45, 2.75) is 20.3 Å². The number of para-hydroxylation sites is 1. The van der Waals surface area contributed by atoms with Gasteiger partial charge in [-0.3, -0.25) is 0 Å². The second-order valence-corrected chi connectivity index (χ2v) is 5.86. The van der Waals surface area contributed by atoms with E-state index in [4.69, 9.17) is 33.7 Å². The SMILES string of the molecule is CCc1nc(Cl)c(N)c(Oc2cc(C)nn2-c2ccccc2Cl)n1. The summed E-state index contributed by atoms with van der Waals surface area (Å²) in [4.78, 5) is 8.40. The number of anilines is 1.